The van der Waals surface area contributed by atoms with Crippen LogP contribution in [-0.2, 0) is 16.0 Å². The zero-order chi connectivity index (χ0) is 14.4. The first-order valence-electron chi connectivity index (χ1n) is 6.94. The molecule has 0 bridgehead atoms. The molecule has 108 valence electrons. The van der Waals surface area contributed by atoms with Gasteiger partial charge in [-0.25, -0.2) is 4.39 Å². The maximum absolute atomic E-state index is 13.3. The summed E-state index contributed by atoms with van der Waals surface area (Å²) in [5.41, 5.74) is 0.617. The maximum Gasteiger partial charge on any atom is 0.239 e. The van der Waals surface area contributed by atoms with Gasteiger partial charge in [0.25, 0.3) is 0 Å². The molecule has 0 unspecified atom stereocenters. The van der Waals surface area contributed by atoms with Crippen LogP contribution in [0.25, 0.3) is 0 Å². The van der Waals surface area contributed by atoms with Gasteiger partial charge in [-0.2, -0.15) is 0 Å². The fourth-order valence-electron chi connectivity index (χ4n) is 1.91. The molecule has 0 aliphatic heterocycles. The van der Waals surface area contributed by atoms with Crippen LogP contribution in [0, 0.1) is 5.82 Å². The molecule has 1 saturated carbocycles. The van der Waals surface area contributed by atoms with Gasteiger partial charge < -0.3 is 10.6 Å². The Morgan fingerprint density at radius 2 is 1.95 bits per heavy atom. The molecule has 20 heavy (non-hydrogen) atoms. The van der Waals surface area contributed by atoms with Crippen molar-refractivity contribution in [3.8, 4) is 0 Å². The van der Waals surface area contributed by atoms with E-state index in [-0.39, 0.29) is 24.2 Å². The normalized spacial score (nSPS) is 13.8. The molecule has 0 radical (unpaired) electrons. The number of aryl methyl sites for hydroxylation is 1. The van der Waals surface area contributed by atoms with Crippen molar-refractivity contribution >= 4 is 11.8 Å². The second-order valence-electron chi connectivity index (χ2n) is 5.06. The number of hydrogen-bond acceptors (Lipinski definition) is 2. The minimum Gasteiger partial charge on any atom is -0.352 e. The first kappa shape index (κ1) is 14.5. The summed E-state index contributed by atoms with van der Waals surface area (Å²) >= 11 is 0. The van der Waals surface area contributed by atoms with Crippen molar-refractivity contribution in [3.05, 3.63) is 35.6 Å². The van der Waals surface area contributed by atoms with Crippen LogP contribution in [0.3, 0.4) is 0 Å². The Labute approximate surface area is 117 Å². The molecule has 5 heteroatoms. The minimum absolute atomic E-state index is 0.0228. The molecule has 2 amide bonds. The topological polar surface area (TPSA) is 58.2 Å². The highest BCUT2D eigenvalue weighted by Crippen LogP contribution is 2.18. The van der Waals surface area contributed by atoms with Gasteiger partial charge in [0.15, 0.2) is 0 Å². The number of halogens is 1. The van der Waals surface area contributed by atoms with Crippen molar-refractivity contribution in [2.75, 3.05) is 6.54 Å². The third-order valence-electron chi connectivity index (χ3n) is 3.20. The van der Waals surface area contributed by atoms with E-state index in [0.717, 1.165) is 12.8 Å². The number of rotatable bonds is 7. The lowest BCUT2D eigenvalue weighted by Crippen LogP contribution is -2.37. The first-order valence-corrected chi connectivity index (χ1v) is 6.94. The van der Waals surface area contributed by atoms with Gasteiger partial charge in [-0.05, 0) is 37.3 Å². The molecule has 0 spiro atoms. The number of benzene rings is 1. The highest BCUT2D eigenvalue weighted by atomic mass is 19.1. The fourth-order valence-corrected chi connectivity index (χ4v) is 1.91. The van der Waals surface area contributed by atoms with E-state index in [1.54, 1.807) is 18.2 Å². The molecular weight excluding hydrogens is 259 g/mol. The molecule has 1 fully saturated rings. The zero-order valence-corrected chi connectivity index (χ0v) is 11.3. The van der Waals surface area contributed by atoms with Crippen LogP contribution in [0.4, 0.5) is 4.39 Å². The van der Waals surface area contributed by atoms with Crippen LogP contribution in [0.1, 0.15) is 31.2 Å². The first-order chi connectivity index (χ1) is 9.65. The Bertz CT molecular complexity index is 487. The molecule has 0 saturated heterocycles. The molecule has 4 nitrogen and oxygen atoms in total. The highest BCUT2D eigenvalue weighted by Gasteiger charge is 2.23. The smallest absolute Gasteiger partial charge is 0.239 e. The summed E-state index contributed by atoms with van der Waals surface area (Å²) in [5.74, 6) is -0.557. The standard InChI is InChI=1S/C15H19FN2O2/c16-13-6-2-1-4-11(13)5-3-7-14(19)17-10-15(20)18-12-8-9-12/h1-2,4,6,12H,3,5,7-10H2,(H,17,19)(H,18,20). The molecule has 1 aromatic rings. The van der Waals surface area contributed by atoms with E-state index in [9.17, 15) is 14.0 Å². The summed E-state index contributed by atoms with van der Waals surface area (Å²) < 4.78 is 13.3. The minimum atomic E-state index is -0.239. The third-order valence-corrected chi connectivity index (χ3v) is 3.20. The van der Waals surface area contributed by atoms with Crippen LogP contribution < -0.4 is 10.6 Å². The lowest BCUT2D eigenvalue weighted by atomic mass is 10.1. The SMILES string of the molecule is O=C(CCCc1ccccc1F)NCC(=O)NC1CC1. The summed E-state index contributed by atoms with van der Waals surface area (Å²) in [5, 5.41) is 5.37. The Hall–Kier alpha value is -1.91. The second-order valence-corrected chi connectivity index (χ2v) is 5.06. The average Bonchev–Trinajstić information content (AvgIpc) is 3.22. The van der Waals surface area contributed by atoms with E-state index in [0.29, 0.717) is 30.9 Å². The lowest BCUT2D eigenvalue weighted by molar-refractivity contribution is -0.126. The largest absolute Gasteiger partial charge is 0.352 e. The Morgan fingerprint density at radius 1 is 1.20 bits per heavy atom. The lowest BCUT2D eigenvalue weighted by Gasteiger charge is -2.06. The predicted octanol–water partition coefficient (Wildman–Crippen LogP) is 1.54. The van der Waals surface area contributed by atoms with Gasteiger partial charge in [-0.15, -0.1) is 0 Å². The number of amides is 2. The molecular formula is C15H19FN2O2. The van der Waals surface area contributed by atoms with Crippen molar-refractivity contribution in [3.63, 3.8) is 0 Å². The Balaban J connectivity index is 1.60. The van der Waals surface area contributed by atoms with Crippen LogP contribution in [0.2, 0.25) is 0 Å². The van der Waals surface area contributed by atoms with Crippen LogP contribution >= 0.6 is 0 Å². The summed E-state index contributed by atoms with van der Waals surface area (Å²) in [4.78, 5) is 22.9. The van der Waals surface area contributed by atoms with Crippen LogP contribution in [-0.4, -0.2) is 24.4 Å². The fraction of sp³-hybridized carbons (Fsp3) is 0.467. The number of carbonyl (C=O) groups excluding carboxylic acids is 2. The zero-order valence-electron chi connectivity index (χ0n) is 11.3. The molecule has 1 aliphatic carbocycles. The van der Waals surface area contributed by atoms with Crippen LogP contribution in [0.15, 0.2) is 24.3 Å². The number of hydrogen-bond donors (Lipinski definition) is 2. The predicted molar refractivity (Wildman–Crippen MR) is 73.5 cm³/mol. The van der Waals surface area contributed by atoms with Gasteiger partial charge in [0, 0.05) is 12.5 Å². The van der Waals surface area contributed by atoms with E-state index in [2.05, 4.69) is 10.6 Å². The quantitative estimate of drug-likeness (QED) is 0.795. The van der Waals surface area contributed by atoms with E-state index in [1.165, 1.54) is 6.07 Å². The van der Waals surface area contributed by atoms with E-state index in [4.69, 9.17) is 0 Å². The maximum atomic E-state index is 13.3. The van der Waals surface area contributed by atoms with Crippen molar-refractivity contribution in [1.82, 2.24) is 10.6 Å². The second kappa shape index (κ2) is 7.03. The Kier molecular flexibility index (Phi) is 5.09. The van der Waals surface area contributed by atoms with Crippen molar-refractivity contribution in [1.29, 1.82) is 0 Å². The monoisotopic (exact) mass is 278 g/mol. The van der Waals surface area contributed by atoms with Gasteiger partial charge in [0.05, 0.1) is 6.54 Å². The van der Waals surface area contributed by atoms with Gasteiger partial charge in [0.2, 0.25) is 11.8 Å². The van der Waals surface area contributed by atoms with E-state index < -0.39 is 0 Å². The van der Waals surface area contributed by atoms with Crippen molar-refractivity contribution in [2.45, 2.75) is 38.1 Å². The van der Waals surface area contributed by atoms with E-state index >= 15 is 0 Å². The molecule has 0 aromatic heterocycles. The summed E-state index contributed by atoms with van der Waals surface area (Å²) in [6.07, 6.45) is 3.45. The number of carbonyl (C=O) groups is 2. The van der Waals surface area contributed by atoms with E-state index in [1.807, 2.05) is 0 Å². The molecule has 2 N–H and O–H groups in total. The third kappa shape index (κ3) is 4.99. The highest BCUT2D eigenvalue weighted by molar-refractivity contribution is 5.84. The van der Waals surface area contributed by atoms with Gasteiger partial charge in [-0.1, -0.05) is 18.2 Å². The Morgan fingerprint density at radius 3 is 2.65 bits per heavy atom. The summed E-state index contributed by atoms with van der Waals surface area (Å²) in [7, 11) is 0. The molecule has 1 aromatic carbocycles. The van der Waals surface area contributed by atoms with Gasteiger partial charge in [0.1, 0.15) is 5.82 Å². The van der Waals surface area contributed by atoms with Crippen LogP contribution in [0.5, 0.6) is 0 Å². The summed E-state index contributed by atoms with van der Waals surface area (Å²) in [6, 6.07) is 6.86. The van der Waals surface area contributed by atoms with Gasteiger partial charge >= 0.3 is 0 Å². The molecule has 0 atom stereocenters. The van der Waals surface area contributed by atoms with Gasteiger partial charge in [-0.3, -0.25) is 9.59 Å². The molecule has 2 rings (SSSR count). The number of nitrogens with one attached hydrogen (secondary N) is 2. The molecule has 1 aliphatic rings. The van der Waals surface area contributed by atoms with Crippen molar-refractivity contribution in [2.24, 2.45) is 0 Å². The van der Waals surface area contributed by atoms with Crippen molar-refractivity contribution < 1.29 is 14.0 Å². The average molecular weight is 278 g/mol. The molecule has 0 heterocycles. The summed E-state index contributed by atoms with van der Waals surface area (Å²) in [6.45, 7) is 0.0228.